The molecule has 2 aromatic heterocycles. The predicted molar refractivity (Wildman–Crippen MR) is 107 cm³/mol. The third kappa shape index (κ3) is 4.95. The Morgan fingerprint density at radius 1 is 1.10 bits per heavy atom. The maximum Gasteiger partial charge on any atom is 0.335 e. The summed E-state index contributed by atoms with van der Waals surface area (Å²) in [5.74, 6) is -0.198. The van der Waals surface area contributed by atoms with E-state index in [9.17, 15) is 9.59 Å². The number of rotatable bonds is 5. The molecular weight excluding hydrogens is 372 g/mol. The lowest BCUT2D eigenvalue weighted by molar-refractivity contribution is 0.0697. The molecular formula is C20H22N6O3. The number of nitrogens with one attached hydrogen (secondary N) is 2. The van der Waals surface area contributed by atoms with Gasteiger partial charge in [0.15, 0.2) is 0 Å². The number of nitrogens with zero attached hydrogens (tertiary/aromatic N) is 4. The van der Waals surface area contributed by atoms with Gasteiger partial charge in [0.2, 0.25) is 0 Å². The number of aromatic nitrogens is 4. The predicted octanol–water partition coefficient (Wildman–Crippen LogP) is 2.98. The molecule has 0 unspecified atom stereocenters. The summed E-state index contributed by atoms with van der Waals surface area (Å²) >= 11 is 0. The Morgan fingerprint density at radius 3 is 2.34 bits per heavy atom. The van der Waals surface area contributed by atoms with Crippen molar-refractivity contribution in [3.8, 4) is 5.95 Å². The van der Waals surface area contributed by atoms with Crippen LogP contribution in [0.5, 0.6) is 0 Å². The van der Waals surface area contributed by atoms with Gasteiger partial charge in [-0.05, 0) is 23.8 Å². The third-order valence-electron chi connectivity index (χ3n) is 4.11. The van der Waals surface area contributed by atoms with E-state index in [1.807, 2.05) is 20.8 Å². The molecule has 0 atom stereocenters. The summed E-state index contributed by atoms with van der Waals surface area (Å²) in [7, 11) is 0. The third-order valence-corrected chi connectivity index (χ3v) is 4.11. The molecule has 0 bridgehead atoms. The van der Waals surface area contributed by atoms with E-state index in [-0.39, 0.29) is 17.5 Å². The number of carboxylic acids is 1. The average molecular weight is 394 g/mol. The second kappa shape index (κ2) is 8.09. The fourth-order valence-electron chi connectivity index (χ4n) is 2.50. The highest BCUT2D eigenvalue weighted by molar-refractivity contribution is 5.89. The van der Waals surface area contributed by atoms with E-state index in [1.165, 1.54) is 16.8 Å². The maximum absolute atomic E-state index is 12.4. The second-order valence-corrected chi connectivity index (χ2v) is 7.44. The summed E-state index contributed by atoms with van der Waals surface area (Å²) in [4.78, 5) is 31.7. The summed E-state index contributed by atoms with van der Waals surface area (Å²) in [5.41, 5.74) is 1.53. The van der Waals surface area contributed by atoms with E-state index in [1.54, 1.807) is 36.7 Å². The molecule has 9 heteroatoms. The van der Waals surface area contributed by atoms with Crippen molar-refractivity contribution in [1.82, 2.24) is 25.1 Å². The number of carbonyl (C=O) groups excluding carboxylic acids is 1. The molecule has 150 valence electrons. The minimum atomic E-state index is -0.992. The van der Waals surface area contributed by atoms with Gasteiger partial charge < -0.3 is 10.4 Å². The van der Waals surface area contributed by atoms with Crippen molar-refractivity contribution in [2.24, 2.45) is 0 Å². The van der Waals surface area contributed by atoms with Gasteiger partial charge in [-0.25, -0.2) is 19.6 Å². The molecule has 0 aliphatic carbocycles. The number of carbonyl (C=O) groups is 2. The van der Waals surface area contributed by atoms with Gasteiger partial charge in [0, 0.05) is 30.4 Å². The number of anilines is 1. The van der Waals surface area contributed by atoms with Gasteiger partial charge in [-0.3, -0.25) is 5.32 Å². The highest BCUT2D eigenvalue weighted by Gasteiger charge is 2.22. The summed E-state index contributed by atoms with van der Waals surface area (Å²) < 4.78 is 1.49. The van der Waals surface area contributed by atoms with Crippen LogP contribution in [0.1, 0.15) is 42.4 Å². The summed E-state index contributed by atoms with van der Waals surface area (Å²) in [6.45, 7) is 6.32. The zero-order chi connectivity index (χ0) is 21.0. The molecule has 2 heterocycles. The van der Waals surface area contributed by atoms with E-state index >= 15 is 0 Å². The Hall–Kier alpha value is -3.75. The molecule has 29 heavy (non-hydrogen) atoms. The Kier molecular flexibility index (Phi) is 5.58. The first-order chi connectivity index (χ1) is 13.7. The molecule has 1 aromatic carbocycles. The van der Waals surface area contributed by atoms with Crippen LogP contribution in [0, 0.1) is 0 Å². The summed E-state index contributed by atoms with van der Waals surface area (Å²) in [6.07, 6.45) is 3.21. The molecule has 0 fully saturated rings. The van der Waals surface area contributed by atoms with E-state index in [0.29, 0.717) is 11.8 Å². The maximum atomic E-state index is 12.4. The minimum absolute atomic E-state index is 0.194. The molecule has 0 spiro atoms. The number of hydrogen-bond donors (Lipinski definition) is 3. The van der Waals surface area contributed by atoms with Crippen molar-refractivity contribution in [3.05, 3.63) is 65.6 Å². The number of benzene rings is 1. The van der Waals surface area contributed by atoms with Crippen LogP contribution in [0.25, 0.3) is 5.95 Å². The lowest BCUT2D eigenvalue weighted by atomic mass is 9.92. The average Bonchev–Trinajstić information content (AvgIpc) is 3.11. The second-order valence-electron chi connectivity index (χ2n) is 7.44. The Morgan fingerprint density at radius 2 is 1.76 bits per heavy atom. The molecule has 2 amide bonds. The molecule has 0 aliphatic heterocycles. The number of hydrogen-bond acceptors (Lipinski definition) is 5. The van der Waals surface area contributed by atoms with Crippen molar-refractivity contribution in [3.63, 3.8) is 0 Å². The number of aromatic carboxylic acids is 1. The SMILES string of the molecule is CC(C)(C)c1cc(NC(=O)NCc2ccc(C(=O)O)cc2)n(-c2ncccn2)n1. The van der Waals surface area contributed by atoms with Crippen molar-refractivity contribution >= 4 is 17.8 Å². The first kappa shape index (κ1) is 20.0. The van der Waals surface area contributed by atoms with Crippen LogP contribution in [0.2, 0.25) is 0 Å². The van der Waals surface area contributed by atoms with Crippen LogP contribution >= 0.6 is 0 Å². The largest absolute Gasteiger partial charge is 0.478 e. The van der Waals surface area contributed by atoms with Gasteiger partial charge in [0.25, 0.3) is 5.95 Å². The van der Waals surface area contributed by atoms with Gasteiger partial charge in [-0.1, -0.05) is 32.9 Å². The van der Waals surface area contributed by atoms with Crippen LogP contribution < -0.4 is 10.6 Å². The van der Waals surface area contributed by atoms with Crippen LogP contribution in [-0.4, -0.2) is 36.9 Å². The zero-order valence-electron chi connectivity index (χ0n) is 16.4. The Balaban J connectivity index is 1.74. The molecule has 3 N–H and O–H groups in total. The van der Waals surface area contributed by atoms with Crippen LogP contribution in [0.3, 0.4) is 0 Å². The number of urea groups is 1. The lowest BCUT2D eigenvalue weighted by Crippen LogP contribution is -2.29. The van der Waals surface area contributed by atoms with Crippen molar-refractivity contribution in [2.75, 3.05) is 5.32 Å². The van der Waals surface area contributed by atoms with Gasteiger partial charge >= 0.3 is 12.0 Å². The van der Waals surface area contributed by atoms with Crippen LogP contribution in [0.15, 0.2) is 48.8 Å². The Labute approximate surface area is 167 Å². The summed E-state index contributed by atoms with van der Waals surface area (Å²) in [6, 6.07) is 9.37. The molecule has 3 rings (SSSR count). The molecule has 0 saturated heterocycles. The highest BCUT2D eigenvalue weighted by atomic mass is 16.4. The summed E-state index contributed by atoms with van der Waals surface area (Å²) in [5, 5.41) is 19.0. The molecule has 0 aliphatic rings. The van der Waals surface area contributed by atoms with Gasteiger partial charge in [0.1, 0.15) is 5.82 Å². The number of amides is 2. The van der Waals surface area contributed by atoms with Crippen molar-refractivity contribution in [1.29, 1.82) is 0 Å². The zero-order valence-corrected chi connectivity index (χ0v) is 16.4. The quantitative estimate of drug-likeness (QED) is 0.611. The van der Waals surface area contributed by atoms with Gasteiger partial charge in [-0.2, -0.15) is 9.78 Å². The van der Waals surface area contributed by atoms with E-state index < -0.39 is 12.0 Å². The first-order valence-corrected chi connectivity index (χ1v) is 8.99. The van der Waals surface area contributed by atoms with Gasteiger partial charge in [0.05, 0.1) is 11.3 Å². The van der Waals surface area contributed by atoms with E-state index in [0.717, 1.165) is 11.3 Å². The first-order valence-electron chi connectivity index (χ1n) is 8.99. The lowest BCUT2D eigenvalue weighted by Gasteiger charge is -2.13. The highest BCUT2D eigenvalue weighted by Crippen LogP contribution is 2.25. The van der Waals surface area contributed by atoms with Crippen LogP contribution in [-0.2, 0) is 12.0 Å². The molecule has 9 nitrogen and oxygen atoms in total. The minimum Gasteiger partial charge on any atom is -0.478 e. The normalized spacial score (nSPS) is 11.1. The standard InChI is InChI=1S/C20H22N6O3/c1-20(2,3)15-11-16(26(25-15)18-21-9-4-10-22-18)24-19(29)23-12-13-5-7-14(8-6-13)17(27)28/h4-11H,12H2,1-3H3,(H,27,28)(H2,23,24,29). The molecule has 0 radical (unpaired) electrons. The molecule has 3 aromatic rings. The Bertz CT molecular complexity index is 1010. The fourth-order valence-corrected chi connectivity index (χ4v) is 2.50. The molecule has 0 saturated carbocycles. The van der Waals surface area contributed by atoms with Crippen molar-refractivity contribution < 1.29 is 14.7 Å². The van der Waals surface area contributed by atoms with Crippen LogP contribution in [0.4, 0.5) is 10.6 Å². The smallest absolute Gasteiger partial charge is 0.335 e. The van der Waals surface area contributed by atoms with Crippen molar-refractivity contribution in [2.45, 2.75) is 32.7 Å². The van der Waals surface area contributed by atoms with E-state index in [2.05, 4.69) is 25.7 Å². The monoisotopic (exact) mass is 394 g/mol. The van der Waals surface area contributed by atoms with E-state index in [4.69, 9.17) is 5.11 Å². The van der Waals surface area contributed by atoms with Gasteiger partial charge in [-0.15, -0.1) is 0 Å². The topological polar surface area (TPSA) is 122 Å². The number of carboxylic acid groups (broad SMARTS) is 1. The fraction of sp³-hybridized carbons (Fsp3) is 0.250.